The molecule has 0 aliphatic carbocycles. The van der Waals surface area contributed by atoms with Gasteiger partial charge in [-0.1, -0.05) is 48.5 Å². The molecule has 3 rings (SSSR count). The number of rotatable bonds is 2. The van der Waals surface area contributed by atoms with Gasteiger partial charge in [-0.3, -0.25) is 0 Å². The van der Waals surface area contributed by atoms with E-state index in [0.717, 1.165) is 16.9 Å². The first-order chi connectivity index (χ1) is 8.81. The molecule has 0 fully saturated rings. The summed E-state index contributed by atoms with van der Waals surface area (Å²) in [5.41, 5.74) is 1.51. The molecule has 1 atom stereocenters. The molecule has 0 amide bonds. The van der Waals surface area contributed by atoms with Crippen molar-refractivity contribution in [3.63, 3.8) is 0 Å². The smallest absolute Gasteiger partial charge is 0.202 e. The van der Waals surface area contributed by atoms with Crippen molar-refractivity contribution in [2.24, 2.45) is 0 Å². The summed E-state index contributed by atoms with van der Waals surface area (Å²) in [6.07, 6.45) is 1.29. The Balaban J connectivity index is 1.89. The van der Waals surface area contributed by atoms with Crippen LogP contribution in [0.3, 0.4) is 0 Å². The zero-order chi connectivity index (χ0) is 12.4. The van der Waals surface area contributed by atoms with Crippen LogP contribution >= 0.6 is 0 Å². The van der Waals surface area contributed by atoms with Crippen molar-refractivity contribution >= 4 is 0 Å². The minimum atomic E-state index is -0.745. The molecule has 2 aromatic carbocycles. The molecule has 1 aliphatic rings. The Labute approximate surface area is 106 Å². The number of nitrogens with zero attached hydrogens (tertiary/aromatic N) is 1. The third kappa shape index (κ3) is 1.84. The van der Waals surface area contributed by atoms with Gasteiger partial charge in [-0.05, 0) is 17.2 Å². The molecule has 0 saturated carbocycles. The van der Waals surface area contributed by atoms with Crippen molar-refractivity contribution in [2.75, 3.05) is 0 Å². The van der Waals surface area contributed by atoms with Gasteiger partial charge in [-0.15, -0.1) is 0 Å². The lowest BCUT2D eigenvalue weighted by Crippen LogP contribution is -2.35. The number of para-hydroxylation sites is 1. The minimum Gasteiger partial charge on any atom is -0.471 e. The van der Waals surface area contributed by atoms with E-state index in [1.54, 1.807) is 0 Å². The van der Waals surface area contributed by atoms with Gasteiger partial charge in [-0.25, -0.2) is 0 Å². The molecule has 0 N–H and O–H groups in total. The van der Waals surface area contributed by atoms with Gasteiger partial charge in [0.25, 0.3) is 0 Å². The standard InChI is InChI=1S/C16H13NO/c17-12-16(10-13-6-2-1-3-7-13)11-14-8-4-5-9-15(14)18-16/h1-9H,10-11H2. The maximum atomic E-state index is 9.48. The summed E-state index contributed by atoms with van der Waals surface area (Å²) < 4.78 is 5.89. The first kappa shape index (κ1) is 10.9. The fourth-order valence-electron chi connectivity index (χ4n) is 2.43. The maximum absolute atomic E-state index is 9.48. The van der Waals surface area contributed by atoms with Gasteiger partial charge in [-0.2, -0.15) is 5.26 Å². The van der Waals surface area contributed by atoms with E-state index in [4.69, 9.17) is 4.74 Å². The second kappa shape index (κ2) is 4.19. The Hall–Kier alpha value is -2.27. The Morgan fingerprint density at radius 2 is 1.78 bits per heavy atom. The zero-order valence-electron chi connectivity index (χ0n) is 9.97. The highest BCUT2D eigenvalue weighted by molar-refractivity contribution is 5.42. The van der Waals surface area contributed by atoms with Crippen molar-refractivity contribution < 1.29 is 4.74 Å². The summed E-state index contributed by atoms with van der Waals surface area (Å²) in [5, 5.41) is 9.48. The van der Waals surface area contributed by atoms with Crippen LogP contribution in [0.4, 0.5) is 0 Å². The number of hydrogen-bond acceptors (Lipinski definition) is 2. The summed E-state index contributed by atoms with van der Waals surface area (Å²) in [7, 11) is 0. The van der Waals surface area contributed by atoms with Gasteiger partial charge in [0.05, 0.1) is 0 Å². The highest BCUT2D eigenvalue weighted by atomic mass is 16.5. The highest BCUT2D eigenvalue weighted by Gasteiger charge is 2.39. The van der Waals surface area contributed by atoms with Gasteiger partial charge in [0.1, 0.15) is 11.8 Å². The van der Waals surface area contributed by atoms with Crippen molar-refractivity contribution in [3.8, 4) is 11.8 Å². The minimum absolute atomic E-state index is 0.624. The summed E-state index contributed by atoms with van der Waals surface area (Å²) in [4.78, 5) is 0. The molecule has 0 saturated heterocycles. The highest BCUT2D eigenvalue weighted by Crippen LogP contribution is 2.36. The fraction of sp³-hybridized carbons (Fsp3) is 0.188. The van der Waals surface area contributed by atoms with Crippen molar-refractivity contribution in [1.82, 2.24) is 0 Å². The van der Waals surface area contributed by atoms with Crippen molar-refractivity contribution in [1.29, 1.82) is 5.26 Å². The predicted molar refractivity (Wildman–Crippen MR) is 69.3 cm³/mol. The molecular weight excluding hydrogens is 222 g/mol. The number of benzene rings is 2. The summed E-state index contributed by atoms with van der Waals surface area (Å²) in [6, 6.07) is 20.3. The van der Waals surface area contributed by atoms with E-state index in [9.17, 15) is 5.26 Å². The van der Waals surface area contributed by atoms with Crippen LogP contribution in [0.5, 0.6) is 5.75 Å². The van der Waals surface area contributed by atoms with E-state index in [2.05, 4.69) is 6.07 Å². The van der Waals surface area contributed by atoms with E-state index in [-0.39, 0.29) is 0 Å². The topological polar surface area (TPSA) is 33.0 Å². The van der Waals surface area contributed by atoms with Crippen LogP contribution < -0.4 is 4.74 Å². The lowest BCUT2D eigenvalue weighted by molar-refractivity contribution is 0.157. The van der Waals surface area contributed by atoms with Crippen molar-refractivity contribution in [2.45, 2.75) is 18.4 Å². The van der Waals surface area contributed by atoms with Gasteiger partial charge >= 0.3 is 0 Å². The quantitative estimate of drug-likeness (QED) is 0.801. The van der Waals surface area contributed by atoms with Crippen LogP contribution in [0.1, 0.15) is 11.1 Å². The molecule has 1 aliphatic heterocycles. The van der Waals surface area contributed by atoms with E-state index in [1.165, 1.54) is 0 Å². The van der Waals surface area contributed by atoms with Crippen LogP contribution in [0.25, 0.3) is 0 Å². The van der Waals surface area contributed by atoms with Crippen LogP contribution in [0.2, 0.25) is 0 Å². The lowest BCUT2D eigenvalue weighted by atomic mass is 9.91. The largest absolute Gasteiger partial charge is 0.471 e. The summed E-state index contributed by atoms with van der Waals surface area (Å²) >= 11 is 0. The molecule has 18 heavy (non-hydrogen) atoms. The van der Waals surface area contributed by atoms with Crippen LogP contribution in [-0.2, 0) is 12.8 Å². The second-order valence-electron chi connectivity index (χ2n) is 4.66. The van der Waals surface area contributed by atoms with E-state index in [0.29, 0.717) is 12.8 Å². The number of fused-ring (bicyclic) bond motifs is 1. The monoisotopic (exact) mass is 235 g/mol. The van der Waals surface area contributed by atoms with Gasteiger partial charge in [0.15, 0.2) is 0 Å². The molecule has 0 aromatic heterocycles. The Morgan fingerprint density at radius 3 is 2.50 bits per heavy atom. The van der Waals surface area contributed by atoms with Gasteiger partial charge < -0.3 is 4.74 Å². The number of ether oxygens (including phenoxy) is 1. The van der Waals surface area contributed by atoms with Crippen molar-refractivity contribution in [3.05, 3.63) is 65.7 Å². The van der Waals surface area contributed by atoms with Gasteiger partial charge in [0.2, 0.25) is 5.60 Å². The predicted octanol–water partition coefficient (Wildman–Crippen LogP) is 3.13. The fourth-order valence-corrected chi connectivity index (χ4v) is 2.43. The number of nitriles is 1. The Bertz CT molecular complexity index is 573. The molecule has 0 spiro atoms. The summed E-state index contributed by atoms with van der Waals surface area (Å²) in [6.45, 7) is 0. The molecule has 2 aromatic rings. The first-order valence-electron chi connectivity index (χ1n) is 6.03. The molecular formula is C16H13NO. The molecule has 88 valence electrons. The SMILES string of the molecule is N#CC1(Cc2ccccc2)Cc2ccccc2O1. The maximum Gasteiger partial charge on any atom is 0.202 e. The average molecular weight is 235 g/mol. The third-order valence-electron chi connectivity index (χ3n) is 3.29. The molecule has 1 unspecified atom stereocenters. The summed E-state index contributed by atoms with van der Waals surface area (Å²) in [5.74, 6) is 0.843. The zero-order valence-corrected chi connectivity index (χ0v) is 9.97. The van der Waals surface area contributed by atoms with Crippen LogP contribution in [0, 0.1) is 11.3 Å². The molecule has 1 heterocycles. The number of hydrogen-bond donors (Lipinski definition) is 0. The normalized spacial score (nSPS) is 20.8. The molecule has 0 bridgehead atoms. The molecule has 2 nitrogen and oxygen atoms in total. The van der Waals surface area contributed by atoms with Crippen LogP contribution in [0.15, 0.2) is 54.6 Å². The van der Waals surface area contributed by atoms with Gasteiger partial charge in [0, 0.05) is 12.8 Å². The van der Waals surface area contributed by atoms with E-state index < -0.39 is 5.60 Å². The average Bonchev–Trinajstić information content (AvgIpc) is 2.78. The second-order valence-corrected chi connectivity index (χ2v) is 4.66. The van der Waals surface area contributed by atoms with E-state index in [1.807, 2.05) is 54.6 Å². The lowest BCUT2D eigenvalue weighted by Gasteiger charge is -2.20. The molecule has 2 heteroatoms. The first-order valence-corrected chi connectivity index (χ1v) is 6.03. The Kier molecular flexibility index (Phi) is 2.53. The Morgan fingerprint density at radius 1 is 1.06 bits per heavy atom. The third-order valence-corrected chi connectivity index (χ3v) is 3.29. The van der Waals surface area contributed by atoms with E-state index >= 15 is 0 Å². The molecule has 0 radical (unpaired) electrons. The van der Waals surface area contributed by atoms with Crippen LogP contribution in [-0.4, -0.2) is 5.60 Å².